The fourth-order valence-electron chi connectivity index (χ4n) is 3.81. The number of anilines is 1. The number of aromatic nitrogens is 4. The van der Waals surface area contributed by atoms with Crippen molar-refractivity contribution in [3.8, 4) is 22.5 Å². The van der Waals surface area contributed by atoms with Gasteiger partial charge in [0.15, 0.2) is 11.2 Å². The maximum atomic E-state index is 13.3. The highest BCUT2D eigenvalue weighted by Crippen LogP contribution is 2.30. The van der Waals surface area contributed by atoms with Gasteiger partial charge < -0.3 is 0 Å². The van der Waals surface area contributed by atoms with E-state index >= 15 is 0 Å². The molecule has 0 atom stereocenters. The highest BCUT2D eigenvalue weighted by atomic mass is 16.2. The van der Waals surface area contributed by atoms with Gasteiger partial charge in [0.1, 0.15) is 0 Å². The summed E-state index contributed by atoms with van der Waals surface area (Å²) in [5.41, 5.74) is 3.22. The second-order valence-electron chi connectivity index (χ2n) is 7.22. The highest BCUT2D eigenvalue weighted by molar-refractivity contribution is 5.91. The van der Waals surface area contributed by atoms with Crippen molar-refractivity contribution in [1.82, 2.24) is 19.5 Å². The van der Waals surface area contributed by atoms with E-state index in [0.29, 0.717) is 36.8 Å². The zero-order valence-corrected chi connectivity index (χ0v) is 16.4. The fourth-order valence-corrected chi connectivity index (χ4v) is 3.81. The van der Waals surface area contributed by atoms with E-state index in [-0.39, 0.29) is 22.6 Å². The van der Waals surface area contributed by atoms with Crippen LogP contribution < -0.4 is 10.5 Å². The van der Waals surface area contributed by atoms with Crippen LogP contribution in [-0.2, 0) is 11.3 Å². The molecule has 7 nitrogen and oxygen atoms in total. The minimum Gasteiger partial charge on any atom is -0.282 e. The summed E-state index contributed by atoms with van der Waals surface area (Å²) in [7, 11) is 0. The molecule has 0 spiro atoms. The van der Waals surface area contributed by atoms with Crippen LogP contribution in [-0.4, -0.2) is 32.0 Å². The van der Waals surface area contributed by atoms with Crippen LogP contribution in [0.4, 0.5) is 5.95 Å². The third-order valence-electron chi connectivity index (χ3n) is 5.25. The molecule has 0 fully saturated rings. The first-order valence-electron chi connectivity index (χ1n) is 9.85. The molecule has 2 aromatic carbocycles. The van der Waals surface area contributed by atoms with Gasteiger partial charge in [-0.3, -0.25) is 19.1 Å². The van der Waals surface area contributed by atoms with Crippen molar-refractivity contribution in [2.75, 3.05) is 11.4 Å². The summed E-state index contributed by atoms with van der Waals surface area (Å²) in [6, 6.07) is 19.4. The summed E-state index contributed by atoms with van der Waals surface area (Å²) < 4.78 is 1.53. The van der Waals surface area contributed by atoms with Crippen molar-refractivity contribution < 1.29 is 4.79 Å². The Labute approximate surface area is 172 Å². The summed E-state index contributed by atoms with van der Waals surface area (Å²) in [6.45, 7) is 2.52. The van der Waals surface area contributed by atoms with E-state index in [1.165, 1.54) is 16.4 Å². The first-order chi connectivity index (χ1) is 14.6. The molecule has 1 aliphatic rings. The van der Waals surface area contributed by atoms with Crippen LogP contribution in [0.5, 0.6) is 0 Å². The Morgan fingerprint density at radius 2 is 1.43 bits per heavy atom. The lowest BCUT2D eigenvalue weighted by Gasteiger charge is -2.28. The Morgan fingerprint density at radius 3 is 2.03 bits per heavy atom. The summed E-state index contributed by atoms with van der Waals surface area (Å²) in [6.07, 6.45) is 0.695. The molecule has 0 saturated carbocycles. The Balaban J connectivity index is 1.84. The molecular weight excluding hydrogens is 378 g/mol. The fraction of sp³-hybridized carbons (Fsp3) is 0.174. The molecule has 30 heavy (non-hydrogen) atoms. The number of benzene rings is 2. The molecule has 0 bridgehead atoms. The van der Waals surface area contributed by atoms with Crippen LogP contribution in [0.25, 0.3) is 33.7 Å². The lowest BCUT2D eigenvalue weighted by atomic mass is 10.0. The molecule has 0 N–H and O–H groups in total. The largest absolute Gasteiger partial charge is 0.283 e. The van der Waals surface area contributed by atoms with Gasteiger partial charge in [-0.2, -0.15) is 4.98 Å². The van der Waals surface area contributed by atoms with Gasteiger partial charge in [-0.1, -0.05) is 60.7 Å². The first-order valence-corrected chi connectivity index (χ1v) is 9.85. The van der Waals surface area contributed by atoms with Crippen molar-refractivity contribution in [1.29, 1.82) is 0 Å². The normalized spacial score (nSPS) is 13.3. The van der Waals surface area contributed by atoms with E-state index in [0.717, 1.165) is 11.1 Å². The van der Waals surface area contributed by atoms with Crippen molar-refractivity contribution >= 4 is 23.0 Å². The summed E-state index contributed by atoms with van der Waals surface area (Å²) in [5.74, 6) is 0.193. The van der Waals surface area contributed by atoms with Gasteiger partial charge in [0.05, 0.1) is 11.4 Å². The number of rotatable bonds is 2. The minimum absolute atomic E-state index is 0.146. The molecule has 0 aliphatic carbocycles. The highest BCUT2D eigenvalue weighted by Gasteiger charge is 2.26. The Kier molecular flexibility index (Phi) is 4.35. The average molecular weight is 397 g/mol. The molecule has 0 radical (unpaired) electrons. The lowest BCUT2D eigenvalue weighted by molar-refractivity contribution is -0.116. The summed E-state index contributed by atoms with van der Waals surface area (Å²) in [5, 5.41) is 0. The van der Waals surface area contributed by atoms with Crippen molar-refractivity contribution in [2.45, 2.75) is 19.9 Å². The molecule has 0 saturated heterocycles. The molecule has 7 heteroatoms. The number of hydrogen-bond donors (Lipinski definition) is 0. The molecule has 3 heterocycles. The Bertz CT molecular complexity index is 1320. The lowest BCUT2D eigenvalue weighted by Crippen LogP contribution is -2.41. The predicted octanol–water partition coefficient (Wildman–Crippen LogP) is 3.28. The van der Waals surface area contributed by atoms with Crippen LogP contribution in [0.2, 0.25) is 0 Å². The van der Waals surface area contributed by atoms with Crippen LogP contribution in [0.3, 0.4) is 0 Å². The van der Waals surface area contributed by atoms with Crippen LogP contribution >= 0.6 is 0 Å². The number of carbonyl (C=O) groups excluding carboxylic acids is 1. The monoisotopic (exact) mass is 397 g/mol. The number of nitrogens with zero attached hydrogens (tertiary/aromatic N) is 5. The van der Waals surface area contributed by atoms with E-state index in [9.17, 15) is 9.59 Å². The van der Waals surface area contributed by atoms with Crippen LogP contribution in [0.15, 0.2) is 65.5 Å². The van der Waals surface area contributed by atoms with Gasteiger partial charge in [0, 0.05) is 31.1 Å². The second-order valence-corrected chi connectivity index (χ2v) is 7.22. The molecule has 4 aromatic rings. The minimum atomic E-state index is -0.273. The van der Waals surface area contributed by atoms with Crippen LogP contribution in [0, 0.1) is 0 Å². The number of carbonyl (C=O) groups is 1. The maximum absolute atomic E-state index is 13.3. The standard InChI is InChI=1S/C23H19N5O2/c1-15(29)27-13-8-14-28-22(30)20-21(26-23(27)28)25-19(17-11-6-3-7-12-17)18(24-20)16-9-4-2-5-10-16/h2-7,9-12H,8,13-14H2,1H3. The molecule has 2 aromatic heterocycles. The van der Waals surface area contributed by atoms with E-state index < -0.39 is 0 Å². The van der Waals surface area contributed by atoms with Crippen LogP contribution in [0.1, 0.15) is 13.3 Å². The SMILES string of the molecule is CC(=O)N1CCCn2c1nc1nc(-c3ccccc3)c(-c3ccccc3)nc1c2=O. The van der Waals surface area contributed by atoms with Crippen molar-refractivity contribution in [3.63, 3.8) is 0 Å². The third kappa shape index (κ3) is 2.95. The van der Waals surface area contributed by atoms with E-state index in [1.54, 1.807) is 0 Å². The Hall–Kier alpha value is -3.87. The Morgan fingerprint density at radius 1 is 0.833 bits per heavy atom. The zero-order valence-electron chi connectivity index (χ0n) is 16.4. The zero-order chi connectivity index (χ0) is 20.7. The maximum Gasteiger partial charge on any atom is 0.283 e. The van der Waals surface area contributed by atoms with Gasteiger partial charge in [-0.15, -0.1) is 0 Å². The number of amides is 1. The first kappa shape index (κ1) is 18.2. The second kappa shape index (κ2) is 7.18. The smallest absolute Gasteiger partial charge is 0.282 e. The number of fused-ring (bicyclic) bond motifs is 2. The molecule has 1 amide bonds. The van der Waals surface area contributed by atoms with Gasteiger partial charge in [-0.05, 0) is 6.42 Å². The summed E-state index contributed by atoms with van der Waals surface area (Å²) >= 11 is 0. The molecule has 148 valence electrons. The quantitative estimate of drug-likeness (QED) is 0.519. The van der Waals surface area contributed by atoms with Gasteiger partial charge >= 0.3 is 0 Å². The van der Waals surface area contributed by atoms with Gasteiger partial charge in [0.25, 0.3) is 5.56 Å². The molecular formula is C23H19N5O2. The summed E-state index contributed by atoms with van der Waals surface area (Å²) in [4.78, 5) is 40.9. The van der Waals surface area contributed by atoms with E-state index in [2.05, 4.69) is 4.98 Å². The average Bonchev–Trinajstić information content (AvgIpc) is 2.79. The number of hydrogen-bond acceptors (Lipinski definition) is 5. The molecule has 1 aliphatic heterocycles. The van der Waals surface area contributed by atoms with Gasteiger partial charge in [0.2, 0.25) is 11.9 Å². The van der Waals surface area contributed by atoms with Crippen molar-refractivity contribution in [2.24, 2.45) is 0 Å². The predicted molar refractivity (Wildman–Crippen MR) is 115 cm³/mol. The van der Waals surface area contributed by atoms with Gasteiger partial charge in [-0.25, -0.2) is 9.97 Å². The van der Waals surface area contributed by atoms with E-state index in [4.69, 9.17) is 9.97 Å². The molecule has 5 rings (SSSR count). The van der Waals surface area contributed by atoms with E-state index in [1.807, 2.05) is 60.7 Å². The topological polar surface area (TPSA) is 81.0 Å². The third-order valence-corrected chi connectivity index (χ3v) is 5.25. The molecule has 0 unspecified atom stereocenters. The van der Waals surface area contributed by atoms with Crippen molar-refractivity contribution in [3.05, 3.63) is 71.0 Å².